The largest absolute Gasteiger partial charge is 0.449 e. The van der Waals surface area contributed by atoms with E-state index in [2.05, 4.69) is 5.32 Å². The van der Waals surface area contributed by atoms with Crippen LogP contribution in [-0.4, -0.2) is 18.0 Å². The Morgan fingerprint density at radius 3 is 2.50 bits per heavy atom. The van der Waals surface area contributed by atoms with Crippen molar-refractivity contribution in [2.24, 2.45) is 0 Å². The van der Waals surface area contributed by atoms with Crippen molar-refractivity contribution in [3.63, 3.8) is 0 Å². The van der Waals surface area contributed by atoms with E-state index < -0.39 is 23.8 Å². The molecular weight excluding hydrogens is 333 g/mol. The van der Waals surface area contributed by atoms with Gasteiger partial charge in [0, 0.05) is 11.6 Å². The Hall–Kier alpha value is -2.40. The lowest BCUT2D eigenvalue weighted by atomic mass is 10.1. The van der Waals surface area contributed by atoms with Gasteiger partial charge in [0.15, 0.2) is 6.10 Å². The first-order valence-corrected chi connectivity index (χ1v) is 7.74. The summed E-state index contributed by atoms with van der Waals surface area (Å²) in [5, 5.41) is 3.27. The maximum absolute atomic E-state index is 13.5. The van der Waals surface area contributed by atoms with Crippen molar-refractivity contribution in [1.82, 2.24) is 5.32 Å². The lowest BCUT2D eigenvalue weighted by Crippen LogP contribution is -2.35. The molecule has 2 rings (SSSR count). The van der Waals surface area contributed by atoms with Gasteiger partial charge in [-0.2, -0.15) is 0 Å². The van der Waals surface area contributed by atoms with Crippen LogP contribution in [-0.2, 0) is 16.1 Å². The Kier molecular flexibility index (Phi) is 5.93. The molecule has 0 bridgehead atoms. The van der Waals surface area contributed by atoms with E-state index in [9.17, 15) is 14.0 Å². The number of carbonyl (C=O) groups is 2. The summed E-state index contributed by atoms with van der Waals surface area (Å²) in [7, 11) is 0. The average molecular weight is 350 g/mol. The summed E-state index contributed by atoms with van der Waals surface area (Å²) >= 11 is 5.79. The van der Waals surface area contributed by atoms with Gasteiger partial charge in [0.1, 0.15) is 5.82 Å². The van der Waals surface area contributed by atoms with Gasteiger partial charge in [-0.05, 0) is 49.2 Å². The number of halogens is 2. The van der Waals surface area contributed by atoms with Crippen molar-refractivity contribution in [2.45, 2.75) is 26.5 Å². The Bertz CT molecular complexity index is 746. The third-order valence-electron chi connectivity index (χ3n) is 3.44. The number of esters is 1. The number of nitrogens with one attached hydrogen (secondary N) is 1. The second-order valence-corrected chi connectivity index (χ2v) is 5.79. The summed E-state index contributed by atoms with van der Waals surface area (Å²) in [4.78, 5) is 23.9. The number of benzene rings is 2. The van der Waals surface area contributed by atoms with Crippen molar-refractivity contribution < 1.29 is 18.7 Å². The van der Waals surface area contributed by atoms with Crippen molar-refractivity contribution >= 4 is 23.5 Å². The molecule has 0 heterocycles. The topological polar surface area (TPSA) is 55.4 Å². The third-order valence-corrected chi connectivity index (χ3v) is 3.69. The van der Waals surface area contributed by atoms with Gasteiger partial charge >= 0.3 is 5.97 Å². The highest BCUT2D eigenvalue weighted by Gasteiger charge is 2.19. The molecule has 2 aromatic carbocycles. The summed E-state index contributed by atoms with van der Waals surface area (Å²) in [5.74, 6) is -1.68. The summed E-state index contributed by atoms with van der Waals surface area (Å²) < 4.78 is 18.5. The number of ether oxygens (including phenoxy) is 1. The fraction of sp³-hybridized carbons (Fsp3) is 0.222. The van der Waals surface area contributed by atoms with E-state index in [-0.39, 0.29) is 12.1 Å². The second-order valence-electron chi connectivity index (χ2n) is 5.36. The molecule has 1 N–H and O–H groups in total. The number of hydrogen-bond acceptors (Lipinski definition) is 3. The monoisotopic (exact) mass is 349 g/mol. The normalized spacial score (nSPS) is 11.7. The minimum atomic E-state index is -0.992. The molecule has 0 fully saturated rings. The zero-order valence-corrected chi connectivity index (χ0v) is 14.1. The number of amides is 1. The van der Waals surface area contributed by atoms with Gasteiger partial charge in [-0.25, -0.2) is 9.18 Å². The Balaban J connectivity index is 1.89. The fourth-order valence-electron chi connectivity index (χ4n) is 1.94. The van der Waals surface area contributed by atoms with E-state index >= 15 is 0 Å². The quantitative estimate of drug-likeness (QED) is 0.838. The molecule has 0 saturated heterocycles. The first-order chi connectivity index (χ1) is 11.4. The first kappa shape index (κ1) is 17.9. The van der Waals surface area contributed by atoms with Gasteiger partial charge in [0.2, 0.25) is 0 Å². The van der Waals surface area contributed by atoms with E-state index in [4.69, 9.17) is 16.3 Å². The molecule has 4 nitrogen and oxygen atoms in total. The zero-order chi connectivity index (χ0) is 17.7. The lowest BCUT2D eigenvalue weighted by molar-refractivity contribution is -0.129. The van der Waals surface area contributed by atoms with Crippen molar-refractivity contribution in [2.75, 3.05) is 0 Å². The van der Waals surface area contributed by atoms with Crippen molar-refractivity contribution in [1.29, 1.82) is 0 Å². The zero-order valence-electron chi connectivity index (χ0n) is 13.3. The number of rotatable bonds is 5. The summed E-state index contributed by atoms with van der Waals surface area (Å²) in [6.45, 7) is 3.34. The minimum Gasteiger partial charge on any atom is -0.449 e. The van der Waals surface area contributed by atoms with Crippen molar-refractivity contribution in [3.05, 3.63) is 70.0 Å². The SMILES string of the molecule is Cc1ccc(C(=O)OC(C)C(=O)NCc2ccc(Cl)cc2)cc1F. The molecule has 2 aromatic rings. The molecular formula is C18H17ClFNO3. The second kappa shape index (κ2) is 7.93. The number of carbonyl (C=O) groups excluding carboxylic acids is 2. The predicted molar refractivity (Wildman–Crippen MR) is 89.3 cm³/mol. The van der Waals surface area contributed by atoms with E-state index in [0.29, 0.717) is 10.6 Å². The molecule has 126 valence electrons. The number of aryl methyl sites for hydroxylation is 1. The van der Waals surface area contributed by atoms with Crippen LogP contribution in [0.2, 0.25) is 5.02 Å². The molecule has 0 spiro atoms. The molecule has 0 aliphatic heterocycles. The average Bonchev–Trinajstić information content (AvgIpc) is 2.56. The molecule has 24 heavy (non-hydrogen) atoms. The molecule has 0 aromatic heterocycles. The van der Waals surface area contributed by atoms with Crippen LogP contribution in [0.15, 0.2) is 42.5 Å². The van der Waals surface area contributed by atoms with Gasteiger partial charge in [-0.3, -0.25) is 4.79 Å². The molecule has 1 unspecified atom stereocenters. The van der Waals surface area contributed by atoms with Crippen LogP contribution >= 0.6 is 11.6 Å². The number of hydrogen-bond donors (Lipinski definition) is 1. The summed E-state index contributed by atoms with van der Waals surface area (Å²) in [6.07, 6.45) is -0.992. The first-order valence-electron chi connectivity index (χ1n) is 7.36. The van der Waals surface area contributed by atoms with E-state index in [1.165, 1.54) is 19.1 Å². The fourth-order valence-corrected chi connectivity index (χ4v) is 2.06. The van der Waals surface area contributed by atoms with Crippen LogP contribution in [0.1, 0.15) is 28.4 Å². The highest BCUT2D eigenvalue weighted by Crippen LogP contribution is 2.12. The van der Waals surface area contributed by atoms with E-state index in [1.807, 2.05) is 0 Å². The van der Waals surface area contributed by atoms with Gasteiger partial charge in [-0.15, -0.1) is 0 Å². The molecule has 0 aliphatic carbocycles. The molecule has 0 saturated carbocycles. The maximum Gasteiger partial charge on any atom is 0.339 e. The summed E-state index contributed by atoms with van der Waals surface area (Å²) in [6, 6.07) is 11.0. The molecule has 0 radical (unpaired) electrons. The van der Waals surface area contributed by atoms with Gasteiger partial charge in [-0.1, -0.05) is 29.8 Å². The van der Waals surface area contributed by atoms with Crippen LogP contribution in [0.5, 0.6) is 0 Å². The summed E-state index contributed by atoms with van der Waals surface area (Å²) in [5.41, 5.74) is 1.36. The van der Waals surface area contributed by atoms with Crippen LogP contribution in [0.4, 0.5) is 4.39 Å². The highest BCUT2D eigenvalue weighted by molar-refractivity contribution is 6.30. The van der Waals surface area contributed by atoms with E-state index in [0.717, 1.165) is 11.6 Å². The Morgan fingerprint density at radius 2 is 1.88 bits per heavy atom. The van der Waals surface area contributed by atoms with Gasteiger partial charge in [0.25, 0.3) is 5.91 Å². The standard InChI is InChI=1S/C18H17ClFNO3/c1-11-3-6-14(9-16(11)20)18(23)24-12(2)17(22)21-10-13-4-7-15(19)8-5-13/h3-9,12H,10H2,1-2H3,(H,21,22). The molecule has 6 heteroatoms. The van der Waals surface area contributed by atoms with Crippen LogP contribution in [0.25, 0.3) is 0 Å². The Morgan fingerprint density at radius 1 is 1.21 bits per heavy atom. The van der Waals surface area contributed by atoms with E-state index in [1.54, 1.807) is 31.2 Å². The predicted octanol–water partition coefficient (Wildman–Crippen LogP) is 3.65. The minimum absolute atomic E-state index is 0.0652. The van der Waals surface area contributed by atoms with Crippen LogP contribution in [0.3, 0.4) is 0 Å². The smallest absolute Gasteiger partial charge is 0.339 e. The van der Waals surface area contributed by atoms with Crippen LogP contribution in [0, 0.1) is 12.7 Å². The van der Waals surface area contributed by atoms with Crippen LogP contribution < -0.4 is 5.32 Å². The third kappa shape index (κ3) is 4.80. The van der Waals surface area contributed by atoms with Crippen molar-refractivity contribution in [3.8, 4) is 0 Å². The molecule has 0 aliphatic rings. The van der Waals surface area contributed by atoms with Gasteiger partial charge in [0.05, 0.1) is 5.56 Å². The Labute approximate surface area is 144 Å². The molecule has 1 amide bonds. The maximum atomic E-state index is 13.5. The van der Waals surface area contributed by atoms with Gasteiger partial charge < -0.3 is 10.1 Å². The molecule has 1 atom stereocenters. The highest BCUT2D eigenvalue weighted by atomic mass is 35.5. The lowest BCUT2D eigenvalue weighted by Gasteiger charge is -2.14.